The van der Waals surface area contributed by atoms with Gasteiger partial charge in [0.05, 0.1) is 18.2 Å². The summed E-state index contributed by atoms with van der Waals surface area (Å²) in [6.45, 7) is 4.86. The molecule has 1 aliphatic rings. The van der Waals surface area contributed by atoms with Gasteiger partial charge in [-0.05, 0) is 37.1 Å². The van der Waals surface area contributed by atoms with Crippen molar-refractivity contribution in [3.05, 3.63) is 35.4 Å². The second-order valence-corrected chi connectivity index (χ2v) is 5.18. The third kappa shape index (κ3) is 5.66. The van der Waals surface area contributed by atoms with Gasteiger partial charge in [0.1, 0.15) is 0 Å². The topological polar surface area (TPSA) is 107 Å². The zero-order chi connectivity index (χ0) is 18.1. The molecule has 2 amide bonds. The number of rotatable bonds is 4. The van der Waals surface area contributed by atoms with Crippen LogP contribution < -0.4 is 5.32 Å². The SMILES string of the molecule is CC.O=C(O)c1ccc(C(=O)NCC(=O)N2CCC(O)CC2)cc1. The summed E-state index contributed by atoms with van der Waals surface area (Å²) in [5, 5.41) is 20.7. The molecule has 1 aromatic carbocycles. The van der Waals surface area contributed by atoms with Crippen molar-refractivity contribution in [2.45, 2.75) is 32.8 Å². The van der Waals surface area contributed by atoms with Gasteiger partial charge in [0.2, 0.25) is 5.91 Å². The zero-order valence-electron chi connectivity index (χ0n) is 14.0. The summed E-state index contributed by atoms with van der Waals surface area (Å²) in [6, 6.07) is 5.48. The van der Waals surface area contributed by atoms with Crippen LogP contribution in [0.3, 0.4) is 0 Å². The first kappa shape index (κ1) is 19.6. The van der Waals surface area contributed by atoms with Gasteiger partial charge in [-0.25, -0.2) is 4.79 Å². The van der Waals surface area contributed by atoms with Crippen molar-refractivity contribution in [1.29, 1.82) is 0 Å². The van der Waals surface area contributed by atoms with E-state index in [0.29, 0.717) is 31.5 Å². The largest absolute Gasteiger partial charge is 0.478 e. The first-order valence-electron chi connectivity index (χ1n) is 8.05. The Kier molecular flexibility index (Phi) is 7.91. The summed E-state index contributed by atoms with van der Waals surface area (Å²) in [5.74, 6) is -1.68. The molecular weight excluding hydrogens is 312 g/mol. The maximum atomic E-state index is 11.9. The molecule has 1 heterocycles. The van der Waals surface area contributed by atoms with E-state index >= 15 is 0 Å². The fourth-order valence-electron chi connectivity index (χ4n) is 2.25. The summed E-state index contributed by atoms with van der Waals surface area (Å²) in [7, 11) is 0. The Bertz CT molecular complexity index is 563. The molecule has 3 N–H and O–H groups in total. The van der Waals surface area contributed by atoms with E-state index in [0.717, 1.165) is 0 Å². The summed E-state index contributed by atoms with van der Waals surface area (Å²) in [4.78, 5) is 36.2. The molecule has 2 rings (SSSR count). The van der Waals surface area contributed by atoms with Crippen LogP contribution in [-0.4, -0.2) is 58.6 Å². The van der Waals surface area contributed by atoms with Gasteiger partial charge in [-0.15, -0.1) is 0 Å². The van der Waals surface area contributed by atoms with Crippen molar-refractivity contribution in [2.24, 2.45) is 0 Å². The highest BCUT2D eigenvalue weighted by Crippen LogP contribution is 2.09. The van der Waals surface area contributed by atoms with Crippen LogP contribution in [0.5, 0.6) is 0 Å². The lowest BCUT2D eigenvalue weighted by Gasteiger charge is -2.29. The number of piperidine rings is 1. The van der Waals surface area contributed by atoms with Crippen LogP contribution in [0.2, 0.25) is 0 Å². The number of aromatic carboxylic acids is 1. The minimum Gasteiger partial charge on any atom is -0.478 e. The van der Waals surface area contributed by atoms with Crippen molar-refractivity contribution in [3.63, 3.8) is 0 Å². The van der Waals surface area contributed by atoms with Gasteiger partial charge in [0.15, 0.2) is 0 Å². The van der Waals surface area contributed by atoms with E-state index in [9.17, 15) is 19.5 Å². The van der Waals surface area contributed by atoms with Crippen LogP contribution in [-0.2, 0) is 4.79 Å². The summed E-state index contributed by atoms with van der Waals surface area (Å²) < 4.78 is 0. The summed E-state index contributed by atoms with van der Waals surface area (Å²) in [5.41, 5.74) is 0.395. The van der Waals surface area contributed by atoms with Gasteiger partial charge in [-0.2, -0.15) is 0 Å². The molecule has 7 heteroatoms. The maximum Gasteiger partial charge on any atom is 0.335 e. The van der Waals surface area contributed by atoms with E-state index in [1.54, 1.807) is 4.90 Å². The number of amides is 2. The van der Waals surface area contributed by atoms with Crippen molar-refractivity contribution in [2.75, 3.05) is 19.6 Å². The number of nitrogens with zero attached hydrogens (tertiary/aromatic N) is 1. The summed E-state index contributed by atoms with van der Waals surface area (Å²) >= 11 is 0. The molecule has 0 bridgehead atoms. The third-order valence-corrected chi connectivity index (χ3v) is 3.61. The van der Waals surface area contributed by atoms with Gasteiger partial charge >= 0.3 is 5.97 Å². The number of aliphatic hydroxyl groups excluding tert-OH is 1. The average Bonchev–Trinajstić information content (AvgIpc) is 2.61. The lowest BCUT2D eigenvalue weighted by Crippen LogP contribution is -2.45. The van der Waals surface area contributed by atoms with Crippen molar-refractivity contribution in [1.82, 2.24) is 10.2 Å². The fourth-order valence-corrected chi connectivity index (χ4v) is 2.25. The Morgan fingerprint density at radius 2 is 1.58 bits per heavy atom. The van der Waals surface area contributed by atoms with E-state index in [4.69, 9.17) is 5.11 Å². The Labute approximate surface area is 141 Å². The molecule has 0 unspecified atom stereocenters. The lowest BCUT2D eigenvalue weighted by atomic mass is 10.1. The van der Waals surface area contributed by atoms with Gasteiger partial charge < -0.3 is 20.4 Å². The maximum absolute atomic E-state index is 11.9. The molecule has 0 atom stereocenters. The smallest absolute Gasteiger partial charge is 0.335 e. The molecule has 1 fully saturated rings. The molecule has 7 nitrogen and oxygen atoms in total. The molecular formula is C17H24N2O5. The quantitative estimate of drug-likeness (QED) is 0.764. The van der Waals surface area contributed by atoms with E-state index < -0.39 is 11.9 Å². The molecule has 132 valence electrons. The van der Waals surface area contributed by atoms with Crippen LogP contribution in [0.25, 0.3) is 0 Å². The van der Waals surface area contributed by atoms with E-state index in [2.05, 4.69) is 5.32 Å². The molecule has 1 aliphatic heterocycles. The third-order valence-electron chi connectivity index (χ3n) is 3.61. The van der Waals surface area contributed by atoms with E-state index in [1.165, 1.54) is 24.3 Å². The predicted octanol–water partition coefficient (Wildman–Crippen LogP) is 1.12. The fraction of sp³-hybridized carbons (Fsp3) is 0.471. The van der Waals surface area contributed by atoms with Crippen LogP contribution in [0.4, 0.5) is 0 Å². The van der Waals surface area contributed by atoms with Crippen LogP contribution >= 0.6 is 0 Å². The Morgan fingerprint density at radius 1 is 1.08 bits per heavy atom. The molecule has 0 aliphatic carbocycles. The average molecular weight is 336 g/mol. The van der Waals surface area contributed by atoms with Crippen molar-refractivity contribution in [3.8, 4) is 0 Å². The number of nitrogens with one attached hydrogen (secondary N) is 1. The summed E-state index contributed by atoms with van der Waals surface area (Å²) in [6.07, 6.45) is 0.749. The monoisotopic (exact) mass is 336 g/mol. The Hall–Kier alpha value is -2.41. The van der Waals surface area contributed by atoms with E-state index in [-0.39, 0.29) is 24.1 Å². The number of carbonyl (C=O) groups excluding carboxylic acids is 2. The molecule has 0 radical (unpaired) electrons. The molecule has 1 aromatic rings. The number of likely N-dealkylation sites (tertiary alicyclic amines) is 1. The van der Waals surface area contributed by atoms with E-state index in [1.807, 2.05) is 13.8 Å². The number of carboxylic acid groups (broad SMARTS) is 1. The van der Waals surface area contributed by atoms with Crippen LogP contribution in [0, 0.1) is 0 Å². The minimum absolute atomic E-state index is 0.0968. The normalized spacial score (nSPS) is 14.4. The van der Waals surface area contributed by atoms with Crippen LogP contribution in [0.1, 0.15) is 47.4 Å². The van der Waals surface area contributed by atoms with Gasteiger partial charge in [0, 0.05) is 18.7 Å². The number of hydrogen-bond donors (Lipinski definition) is 3. The minimum atomic E-state index is -1.06. The Balaban J connectivity index is 0.00000139. The molecule has 1 saturated heterocycles. The number of aliphatic hydroxyl groups is 1. The number of hydrogen-bond acceptors (Lipinski definition) is 4. The van der Waals surface area contributed by atoms with Gasteiger partial charge in [-0.3, -0.25) is 9.59 Å². The highest BCUT2D eigenvalue weighted by molar-refractivity contribution is 5.97. The van der Waals surface area contributed by atoms with Crippen molar-refractivity contribution < 1.29 is 24.6 Å². The standard InChI is InChI=1S/C15H18N2O5.C2H6/c18-12-5-7-17(8-6-12)13(19)9-16-14(20)10-1-3-11(4-2-10)15(21)22;1-2/h1-4,12,18H,5-9H2,(H,16,20)(H,21,22);1-2H3. The number of carbonyl (C=O) groups is 3. The van der Waals surface area contributed by atoms with Crippen molar-refractivity contribution >= 4 is 17.8 Å². The Morgan fingerprint density at radius 3 is 2.08 bits per heavy atom. The van der Waals surface area contributed by atoms with Gasteiger partial charge in [0.25, 0.3) is 5.91 Å². The molecule has 0 spiro atoms. The van der Waals surface area contributed by atoms with Crippen LogP contribution in [0.15, 0.2) is 24.3 Å². The zero-order valence-corrected chi connectivity index (χ0v) is 14.0. The predicted molar refractivity (Wildman–Crippen MR) is 88.9 cm³/mol. The molecule has 0 aromatic heterocycles. The van der Waals surface area contributed by atoms with Gasteiger partial charge in [-0.1, -0.05) is 13.8 Å². The lowest BCUT2D eigenvalue weighted by molar-refractivity contribution is -0.132. The number of carboxylic acids is 1. The number of benzene rings is 1. The molecule has 24 heavy (non-hydrogen) atoms. The second-order valence-electron chi connectivity index (χ2n) is 5.18. The first-order valence-corrected chi connectivity index (χ1v) is 8.05. The highest BCUT2D eigenvalue weighted by Gasteiger charge is 2.21. The highest BCUT2D eigenvalue weighted by atomic mass is 16.4. The molecule has 0 saturated carbocycles. The second kappa shape index (κ2) is 9.67. The first-order chi connectivity index (χ1) is 11.5.